The van der Waals surface area contributed by atoms with Crippen molar-refractivity contribution in [1.29, 1.82) is 0 Å². The minimum Gasteiger partial charge on any atom is -0.461 e. The second kappa shape index (κ2) is 7.76. The first kappa shape index (κ1) is 19.1. The van der Waals surface area contributed by atoms with Crippen LogP contribution in [0.3, 0.4) is 0 Å². The van der Waals surface area contributed by atoms with Crippen molar-refractivity contribution in [3.05, 3.63) is 35.4 Å². The van der Waals surface area contributed by atoms with E-state index in [4.69, 9.17) is 14.2 Å². The molecular formula is C18H23NO6. The number of rotatable bonds is 8. The summed E-state index contributed by atoms with van der Waals surface area (Å²) in [7, 11) is 1.51. The molecule has 7 heteroatoms. The maximum atomic E-state index is 12.6. The first-order chi connectivity index (χ1) is 11.8. The number of imide groups is 1. The van der Waals surface area contributed by atoms with Crippen LogP contribution in [0.4, 0.5) is 0 Å². The minimum absolute atomic E-state index is 0.0129. The monoisotopic (exact) mass is 349 g/mol. The van der Waals surface area contributed by atoms with E-state index in [1.54, 1.807) is 45.0 Å². The fourth-order valence-electron chi connectivity index (χ4n) is 2.54. The van der Waals surface area contributed by atoms with E-state index in [-0.39, 0.29) is 25.0 Å². The standard InChI is InChI=1S/C18H23NO6/c1-12(17(22)24-10-9-23-4)25-11-18(2,3)19-15(20)13-7-5-6-8-14(13)16(19)21/h5-8,12H,9-11H2,1-4H3. The first-order valence-electron chi connectivity index (χ1n) is 8.04. The molecule has 1 unspecified atom stereocenters. The van der Waals surface area contributed by atoms with Crippen LogP contribution in [0.15, 0.2) is 24.3 Å². The summed E-state index contributed by atoms with van der Waals surface area (Å²) in [5.74, 6) is -1.23. The van der Waals surface area contributed by atoms with Gasteiger partial charge in [0, 0.05) is 7.11 Å². The maximum absolute atomic E-state index is 12.6. The molecule has 0 fully saturated rings. The summed E-state index contributed by atoms with van der Waals surface area (Å²) in [6.07, 6.45) is -0.814. The van der Waals surface area contributed by atoms with Crippen LogP contribution in [0.1, 0.15) is 41.5 Å². The Morgan fingerprint density at radius 3 is 2.20 bits per heavy atom. The van der Waals surface area contributed by atoms with E-state index in [0.29, 0.717) is 17.7 Å². The van der Waals surface area contributed by atoms with Gasteiger partial charge in [-0.1, -0.05) is 12.1 Å². The van der Waals surface area contributed by atoms with Crippen molar-refractivity contribution in [2.75, 3.05) is 26.9 Å². The molecule has 0 saturated carbocycles. The summed E-state index contributed by atoms with van der Waals surface area (Å²) in [6.45, 7) is 5.46. The van der Waals surface area contributed by atoms with Crippen LogP contribution < -0.4 is 0 Å². The summed E-state index contributed by atoms with van der Waals surface area (Å²) in [5, 5.41) is 0. The number of methoxy groups -OCH3 is 1. The maximum Gasteiger partial charge on any atom is 0.335 e. The molecule has 0 radical (unpaired) electrons. The van der Waals surface area contributed by atoms with Gasteiger partial charge in [0.2, 0.25) is 0 Å². The second-order valence-electron chi connectivity index (χ2n) is 6.42. The molecule has 1 heterocycles. The number of esters is 1. The number of nitrogens with zero attached hydrogens (tertiary/aromatic N) is 1. The molecule has 0 aliphatic carbocycles. The van der Waals surface area contributed by atoms with Crippen molar-refractivity contribution in [2.24, 2.45) is 0 Å². The SMILES string of the molecule is COCCOC(=O)C(C)OCC(C)(C)N1C(=O)c2ccccc2C1=O. The normalized spacial score (nSPS) is 15.3. The highest BCUT2D eigenvalue weighted by Gasteiger charge is 2.44. The van der Waals surface area contributed by atoms with Crippen LogP contribution in [0.2, 0.25) is 0 Å². The van der Waals surface area contributed by atoms with Crippen molar-refractivity contribution >= 4 is 17.8 Å². The molecule has 0 N–H and O–H groups in total. The highest BCUT2D eigenvalue weighted by Crippen LogP contribution is 2.29. The highest BCUT2D eigenvalue weighted by atomic mass is 16.6. The third kappa shape index (κ3) is 4.05. The number of carbonyl (C=O) groups excluding carboxylic acids is 3. The van der Waals surface area contributed by atoms with Gasteiger partial charge < -0.3 is 14.2 Å². The Kier molecular flexibility index (Phi) is 5.92. The van der Waals surface area contributed by atoms with Gasteiger partial charge in [0.15, 0.2) is 6.10 Å². The van der Waals surface area contributed by atoms with Gasteiger partial charge >= 0.3 is 5.97 Å². The van der Waals surface area contributed by atoms with Gasteiger partial charge in [0.25, 0.3) is 11.8 Å². The molecule has 0 saturated heterocycles. The van der Waals surface area contributed by atoms with Crippen molar-refractivity contribution < 1.29 is 28.6 Å². The zero-order chi connectivity index (χ0) is 18.6. The molecule has 25 heavy (non-hydrogen) atoms. The van der Waals surface area contributed by atoms with Gasteiger partial charge in [0.1, 0.15) is 6.61 Å². The van der Waals surface area contributed by atoms with Crippen molar-refractivity contribution in [2.45, 2.75) is 32.4 Å². The van der Waals surface area contributed by atoms with Crippen LogP contribution >= 0.6 is 0 Å². The smallest absolute Gasteiger partial charge is 0.335 e. The van der Waals surface area contributed by atoms with Crippen molar-refractivity contribution in [3.8, 4) is 0 Å². The predicted octanol–water partition coefficient (Wildman–Crippen LogP) is 1.66. The van der Waals surface area contributed by atoms with Crippen LogP contribution in [-0.4, -0.2) is 61.3 Å². The molecule has 0 spiro atoms. The average Bonchev–Trinajstić information content (AvgIpc) is 2.85. The number of fused-ring (bicyclic) bond motifs is 1. The molecule has 1 aromatic rings. The van der Waals surface area contributed by atoms with Crippen molar-refractivity contribution in [3.63, 3.8) is 0 Å². The third-order valence-electron chi connectivity index (χ3n) is 3.95. The Bertz CT molecular complexity index is 634. The molecule has 1 aliphatic rings. The zero-order valence-corrected chi connectivity index (χ0v) is 14.9. The molecule has 0 aromatic heterocycles. The molecule has 2 amide bonds. The number of benzene rings is 1. The number of ether oxygens (including phenoxy) is 3. The summed E-state index contributed by atoms with van der Waals surface area (Å²) in [5.41, 5.74) is -0.144. The number of amides is 2. The van der Waals surface area contributed by atoms with Gasteiger partial charge in [-0.3, -0.25) is 14.5 Å². The Labute approximate surface area is 146 Å². The van der Waals surface area contributed by atoms with Gasteiger partial charge in [-0.2, -0.15) is 0 Å². The van der Waals surface area contributed by atoms with Crippen LogP contribution in [0.25, 0.3) is 0 Å². The Balaban J connectivity index is 1.99. The van der Waals surface area contributed by atoms with Crippen LogP contribution in [0, 0.1) is 0 Å². The minimum atomic E-state index is -0.908. The lowest BCUT2D eigenvalue weighted by Gasteiger charge is -2.34. The Morgan fingerprint density at radius 1 is 1.12 bits per heavy atom. The van der Waals surface area contributed by atoms with Crippen LogP contribution in [0.5, 0.6) is 0 Å². The first-order valence-corrected chi connectivity index (χ1v) is 8.04. The fraction of sp³-hybridized carbons (Fsp3) is 0.500. The van der Waals surface area contributed by atoms with E-state index < -0.39 is 17.6 Å². The molecule has 0 bridgehead atoms. The topological polar surface area (TPSA) is 82.1 Å². The lowest BCUT2D eigenvalue weighted by atomic mass is 10.0. The Morgan fingerprint density at radius 2 is 1.68 bits per heavy atom. The van der Waals surface area contributed by atoms with Gasteiger partial charge in [0.05, 0.1) is 29.9 Å². The average molecular weight is 349 g/mol. The molecule has 7 nitrogen and oxygen atoms in total. The van der Waals surface area contributed by atoms with E-state index in [2.05, 4.69) is 0 Å². The molecule has 1 atom stereocenters. The quantitative estimate of drug-likeness (QED) is 0.403. The van der Waals surface area contributed by atoms with Gasteiger partial charge in [-0.15, -0.1) is 0 Å². The molecular weight excluding hydrogens is 326 g/mol. The molecule has 136 valence electrons. The lowest BCUT2D eigenvalue weighted by molar-refractivity contribution is -0.158. The van der Waals surface area contributed by atoms with E-state index in [9.17, 15) is 14.4 Å². The highest BCUT2D eigenvalue weighted by molar-refractivity contribution is 6.21. The molecule has 2 rings (SSSR count). The summed E-state index contributed by atoms with van der Waals surface area (Å²) < 4.78 is 15.3. The largest absolute Gasteiger partial charge is 0.461 e. The molecule has 1 aromatic carbocycles. The number of hydrogen-bond donors (Lipinski definition) is 0. The van der Waals surface area contributed by atoms with Gasteiger partial charge in [-0.05, 0) is 32.9 Å². The van der Waals surface area contributed by atoms with Crippen LogP contribution in [-0.2, 0) is 19.0 Å². The summed E-state index contributed by atoms with van der Waals surface area (Å²) >= 11 is 0. The number of carbonyl (C=O) groups is 3. The second-order valence-corrected chi connectivity index (χ2v) is 6.42. The lowest BCUT2D eigenvalue weighted by Crippen LogP contribution is -2.51. The fourth-order valence-corrected chi connectivity index (χ4v) is 2.54. The van der Waals surface area contributed by atoms with Crippen molar-refractivity contribution in [1.82, 2.24) is 4.90 Å². The van der Waals surface area contributed by atoms with E-state index in [0.717, 1.165) is 0 Å². The Hall–Kier alpha value is -2.25. The van der Waals surface area contributed by atoms with Gasteiger partial charge in [-0.25, -0.2) is 4.79 Å². The van der Waals surface area contributed by atoms with E-state index in [1.807, 2.05) is 0 Å². The van der Waals surface area contributed by atoms with E-state index in [1.165, 1.54) is 12.0 Å². The van der Waals surface area contributed by atoms with E-state index >= 15 is 0 Å². The summed E-state index contributed by atoms with van der Waals surface area (Å²) in [4.78, 5) is 38.1. The summed E-state index contributed by atoms with van der Waals surface area (Å²) in [6, 6.07) is 6.69. The predicted molar refractivity (Wildman–Crippen MR) is 89.3 cm³/mol. The molecule has 1 aliphatic heterocycles. The zero-order valence-electron chi connectivity index (χ0n) is 14.9. The number of hydrogen-bond acceptors (Lipinski definition) is 6. The third-order valence-corrected chi connectivity index (χ3v) is 3.95.